The molecule has 5 rings (SSSR count). The van der Waals surface area contributed by atoms with E-state index in [1.165, 1.54) is 50.0 Å². The lowest BCUT2D eigenvalue weighted by molar-refractivity contribution is -0.117. The smallest absolute Gasteiger partial charge is 0.419 e. The number of hydrogen-bond donors (Lipinski definition) is 1. The van der Waals surface area contributed by atoms with Gasteiger partial charge in [-0.15, -0.1) is 0 Å². The third-order valence-electron chi connectivity index (χ3n) is 6.75. The number of anilines is 2. The van der Waals surface area contributed by atoms with Crippen LogP contribution in [0.3, 0.4) is 0 Å². The maximum atomic E-state index is 14.3. The number of fused-ring (bicyclic) bond motifs is 1. The number of methoxy groups -OCH3 is 1. The highest BCUT2D eigenvalue weighted by Gasteiger charge is 2.38. The summed E-state index contributed by atoms with van der Waals surface area (Å²) < 4.78 is 24.9. The van der Waals surface area contributed by atoms with Gasteiger partial charge in [0, 0.05) is 44.6 Å². The van der Waals surface area contributed by atoms with Crippen LogP contribution in [0, 0.1) is 5.82 Å². The Bertz CT molecular complexity index is 1120. The summed E-state index contributed by atoms with van der Waals surface area (Å²) in [4.78, 5) is 28.9. The van der Waals surface area contributed by atoms with Gasteiger partial charge in [-0.25, -0.2) is 14.2 Å². The molecule has 2 aliphatic heterocycles. The highest BCUT2D eigenvalue weighted by atomic mass is 19.1. The molecule has 0 spiro atoms. The van der Waals surface area contributed by atoms with Gasteiger partial charge >= 0.3 is 6.09 Å². The predicted molar refractivity (Wildman–Crippen MR) is 126 cm³/mol. The molecule has 2 fully saturated rings. The van der Waals surface area contributed by atoms with E-state index in [0.717, 1.165) is 18.7 Å². The number of hydrogen-bond acceptors (Lipinski definition) is 6. The number of rotatable bonds is 4. The van der Waals surface area contributed by atoms with E-state index in [1.807, 2.05) is 25.1 Å². The maximum absolute atomic E-state index is 14.3. The van der Waals surface area contributed by atoms with Crippen molar-refractivity contribution in [2.24, 2.45) is 0 Å². The number of hydrazine groups is 1. The Labute approximate surface area is 198 Å². The lowest BCUT2D eigenvalue weighted by Crippen LogP contribution is -2.52. The monoisotopic (exact) mass is 468 g/mol. The molecule has 0 aromatic heterocycles. The fourth-order valence-corrected chi connectivity index (χ4v) is 4.87. The number of ether oxygens (including phenoxy) is 2. The third-order valence-corrected chi connectivity index (χ3v) is 6.75. The van der Waals surface area contributed by atoms with Crippen molar-refractivity contribution in [3.63, 3.8) is 0 Å². The lowest BCUT2D eigenvalue weighted by atomic mass is 9.97. The Balaban J connectivity index is 1.46. The summed E-state index contributed by atoms with van der Waals surface area (Å²) in [6, 6.07) is 10.2. The average Bonchev–Trinajstić information content (AvgIpc) is 3.55. The van der Waals surface area contributed by atoms with E-state index in [9.17, 15) is 14.0 Å². The molecule has 0 bridgehead atoms. The number of nitrogens with one attached hydrogen (secondary N) is 1. The van der Waals surface area contributed by atoms with Crippen LogP contribution in [0.15, 0.2) is 36.4 Å². The Kier molecular flexibility index (Phi) is 5.91. The van der Waals surface area contributed by atoms with Crippen LogP contribution in [0.5, 0.6) is 11.5 Å². The molecule has 9 heteroatoms. The van der Waals surface area contributed by atoms with Gasteiger partial charge < -0.3 is 14.4 Å². The van der Waals surface area contributed by atoms with Crippen LogP contribution < -0.4 is 24.7 Å². The minimum absolute atomic E-state index is 0.101. The average molecular weight is 469 g/mol. The minimum Gasteiger partial charge on any atom is -0.497 e. The summed E-state index contributed by atoms with van der Waals surface area (Å²) in [5.74, 6) is -0.310. The van der Waals surface area contributed by atoms with Gasteiger partial charge in [0.2, 0.25) is 5.91 Å². The molecule has 3 aliphatic rings. The van der Waals surface area contributed by atoms with Crippen molar-refractivity contribution < 1.29 is 23.5 Å². The van der Waals surface area contributed by atoms with Crippen molar-refractivity contribution in [3.8, 4) is 11.5 Å². The fourth-order valence-electron chi connectivity index (χ4n) is 4.87. The van der Waals surface area contributed by atoms with Gasteiger partial charge in [-0.3, -0.25) is 15.1 Å². The zero-order valence-corrected chi connectivity index (χ0v) is 19.6. The summed E-state index contributed by atoms with van der Waals surface area (Å²) in [5, 5.41) is 2.30. The molecular formula is C25H29FN4O4. The second-order valence-corrected chi connectivity index (χ2v) is 9.20. The van der Waals surface area contributed by atoms with E-state index in [2.05, 4.69) is 10.4 Å². The topological polar surface area (TPSA) is 74.3 Å². The van der Waals surface area contributed by atoms with Crippen LogP contribution in [-0.2, 0) is 4.79 Å². The molecule has 8 nitrogen and oxygen atoms in total. The van der Waals surface area contributed by atoms with Gasteiger partial charge in [-0.2, -0.15) is 0 Å². The SMILES string of the molecule is COc1ccc(F)c(OC(=O)N2C[C@H](C)N(C(C)=O)c3ccc(C4CNN(C5CC5)C4)cc32)c1. The second kappa shape index (κ2) is 8.88. The van der Waals surface area contributed by atoms with Gasteiger partial charge in [-0.1, -0.05) is 6.07 Å². The molecule has 1 saturated carbocycles. The quantitative estimate of drug-likeness (QED) is 0.738. The van der Waals surface area contributed by atoms with Gasteiger partial charge in [0.25, 0.3) is 0 Å². The van der Waals surface area contributed by atoms with E-state index in [0.29, 0.717) is 23.2 Å². The van der Waals surface area contributed by atoms with Crippen LogP contribution in [-0.4, -0.2) is 55.8 Å². The van der Waals surface area contributed by atoms with Crippen LogP contribution in [0.4, 0.5) is 20.6 Å². The summed E-state index contributed by atoms with van der Waals surface area (Å²) in [5.41, 5.74) is 5.79. The van der Waals surface area contributed by atoms with Gasteiger partial charge in [0.1, 0.15) is 5.75 Å². The standard InChI is InChI=1S/C25H29FN4O4/c1-15-13-28(25(32)34-24-11-20(33-3)7-8-21(24)26)23-10-17(4-9-22(23)30(15)16(2)31)18-12-27-29(14-18)19-5-6-19/h4,7-11,15,18-19,27H,5-6,12-14H2,1-3H3/t15-,18?/m0/s1. The molecule has 1 saturated heterocycles. The molecule has 2 aromatic rings. The molecular weight excluding hydrogens is 439 g/mol. The molecule has 2 heterocycles. The molecule has 1 unspecified atom stereocenters. The number of benzene rings is 2. The van der Waals surface area contributed by atoms with Crippen molar-refractivity contribution in [1.29, 1.82) is 0 Å². The number of carbonyl (C=O) groups excluding carboxylic acids is 2. The first-order valence-corrected chi connectivity index (χ1v) is 11.6. The van der Waals surface area contributed by atoms with E-state index < -0.39 is 11.9 Å². The normalized spacial score (nSPS) is 22.5. The maximum Gasteiger partial charge on any atom is 0.419 e. The molecule has 2 amide bonds. The highest BCUT2D eigenvalue weighted by molar-refractivity contribution is 6.02. The first-order chi connectivity index (χ1) is 16.4. The van der Waals surface area contributed by atoms with Gasteiger partial charge in [0.15, 0.2) is 11.6 Å². The number of halogens is 1. The number of amides is 2. The number of carbonyl (C=O) groups is 2. The highest BCUT2D eigenvalue weighted by Crippen LogP contribution is 2.40. The Morgan fingerprint density at radius 3 is 2.59 bits per heavy atom. The Hall–Kier alpha value is -3.17. The zero-order chi connectivity index (χ0) is 24.0. The van der Waals surface area contributed by atoms with E-state index >= 15 is 0 Å². The van der Waals surface area contributed by atoms with Crippen LogP contribution in [0.2, 0.25) is 0 Å². The van der Waals surface area contributed by atoms with Crippen molar-refractivity contribution in [2.45, 2.75) is 44.7 Å². The Morgan fingerprint density at radius 2 is 1.88 bits per heavy atom. The summed E-state index contributed by atoms with van der Waals surface area (Å²) in [6.07, 6.45) is 1.73. The van der Waals surface area contributed by atoms with Crippen molar-refractivity contribution >= 4 is 23.4 Å². The summed E-state index contributed by atoms with van der Waals surface area (Å²) in [6.45, 7) is 5.34. The molecule has 1 N–H and O–H groups in total. The molecule has 1 aliphatic carbocycles. The molecule has 2 aromatic carbocycles. The Morgan fingerprint density at radius 1 is 1.09 bits per heavy atom. The largest absolute Gasteiger partial charge is 0.497 e. The predicted octanol–water partition coefficient (Wildman–Crippen LogP) is 3.66. The molecule has 2 atom stereocenters. The lowest BCUT2D eigenvalue weighted by Gasteiger charge is -2.40. The number of nitrogens with zero attached hydrogens (tertiary/aromatic N) is 3. The van der Waals surface area contributed by atoms with Crippen LogP contribution in [0.1, 0.15) is 38.2 Å². The third kappa shape index (κ3) is 4.21. The van der Waals surface area contributed by atoms with E-state index in [4.69, 9.17) is 9.47 Å². The van der Waals surface area contributed by atoms with Crippen LogP contribution >= 0.6 is 0 Å². The van der Waals surface area contributed by atoms with Crippen molar-refractivity contribution in [3.05, 3.63) is 47.8 Å². The van der Waals surface area contributed by atoms with E-state index in [1.54, 1.807) is 4.90 Å². The first kappa shape index (κ1) is 22.6. The van der Waals surface area contributed by atoms with Gasteiger partial charge in [-0.05, 0) is 49.6 Å². The van der Waals surface area contributed by atoms with Crippen molar-refractivity contribution in [1.82, 2.24) is 10.4 Å². The summed E-state index contributed by atoms with van der Waals surface area (Å²) >= 11 is 0. The summed E-state index contributed by atoms with van der Waals surface area (Å²) in [7, 11) is 1.46. The molecule has 180 valence electrons. The molecule has 0 radical (unpaired) electrons. The van der Waals surface area contributed by atoms with Crippen LogP contribution in [0.25, 0.3) is 0 Å². The molecule has 34 heavy (non-hydrogen) atoms. The van der Waals surface area contributed by atoms with Gasteiger partial charge in [0.05, 0.1) is 24.5 Å². The zero-order valence-electron chi connectivity index (χ0n) is 19.6. The second-order valence-electron chi connectivity index (χ2n) is 9.20. The first-order valence-electron chi connectivity index (χ1n) is 11.6. The minimum atomic E-state index is -0.704. The van der Waals surface area contributed by atoms with E-state index in [-0.39, 0.29) is 30.2 Å². The van der Waals surface area contributed by atoms with Crippen molar-refractivity contribution in [2.75, 3.05) is 36.5 Å². The fraction of sp³-hybridized carbons (Fsp3) is 0.440.